The van der Waals surface area contributed by atoms with E-state index < -0.39 is 42.6 Å². The number of aromatic hydroxyl groups is 1. The fraction of sp³-hybridized carbons (Fsp3) is 0.241. The van der Waals surface area contributed by atoms with Gasteiger partial charge in [-0.25, -0.2) is 0 Å². The first-order chi connectivity index (χ1) is 20.0. The third-order valence-electron chi connectivity index (χ3n) is 8.46. The van der Waals surface area contributed by atoms with Gasteiger partial charge in [0.15, 0.2) is 23.1 Å². The summed E-state index contributed by atoms with van der Waals surface area (Å²) in [5.41, 5.74) is 2.18. The predicted octanol–water partition coefficient (Wildman–Crippen LogP) is 3.57. The molecule has 0 aromatic heterocycles. The van der Waals surface area contributed by atoms with E-state index >= 15 is 0 Å². The lowest BCUT2D eigenvalue weighted by Crippen LogP contribution is -2.40. The van der Waals surface area contributed by atoms with Crippen molar-refractivity contribution in [3.05, 3.63) is 78.2 Å². The second-order valence-electron chi connectivity index (χ2n) is 10.5. The van der Waals surface area contributed by atoms with Crippen LogP contribution in [0.25, 0.3) is 0 Å². The minimum atomic E-state index is -1.78. The van der Waals surface area contributed by atoms with Crippen LogP contribution in [-0.4, -0.2) is 52.8 Å². The lowest BCUT2D eigenvalue weighted by molar-refractivity contribution is -0.123. The summed E-state index contributed by atoms with van der Waals surface area (Å²) >= 11 is 10.1. The molecule has 2 aromatic rings. The molecule has 4 unspecified atom stereocenters. The highest BCUT2D eigenvalue weighted by Gasteiger charge is 2.57. The van der Waals surface area contributed by atoms with Crippen LogP contribution in [0.5, 0.6) is 11.5 Å². The molecule has 9 nitrogen and oxygen atoms in total. The van der Waals surface area contributed by atoms with Gasteiger partial charge in [0.25, 0.3) is 0 Å². The summed E-state index contributed by atoms with van der Waals surface area (Å²) in [6.07, 6.45) is 3.45. The van der Waals surface area contributed by atoms with Gasteiger partial charge in [-0.05, 0) is 95.8 Å². The van der Waals surface area contributed by atoms with Crippen LogP contribution in [0.3, 0.4) is 0 Å². The van der Waals surface area contributed by atoms with Crippen LogP contribution in [0.2, 0.25) is 0 Å². The quantitative estimate of drug-likeness (QED) is 0.186. The van der Waals surface area contributed by atoms with E-state index in [9.17, 15) is 34.3 Å². The molecule has 1 heterocycles. The number of rotatable bonds is 4. The first kappa shape index (κ1) is 29.2. The summed E-state index contributed by atoms with van der Waals surface area (Å²) in [5, 5.41) is 29.9. The minimum Gasteiger partial charge on any atom is -0.503 e. The number of nitrogens with zero attached hydrogens (tertiary/aromatic N) is 1. The lowest BCUT2D eigenvalue weighted by Gasteiger charge is -2.42. The number of phenolic OH excluding ortho intramolecular Hbond substituents is 1. The fourth-order valence-corrected chi connectivity index (χ4v) is 8.02. The standard InChI is InChI=1S/C29H21BBr3NO8/c1-42-20-9-16(24(32)25(33)27(20)37)21-13-5-6-14-22(15(13)8-17-23(21)19(35)10-18(31)26(17)36)29(39)34(28(14)38)12-4-2-3-11(7-12)30(40)41/h2-5,7,9-10,14-15,21-22,37,40-41H,6,8H2,1H3. The van der Waals surface area contributed by atoms with Gasteiger partial charge < -0.3 is 19.9 Å². The van der Waals surface area contributed by atoms with Gasteiger partial charge in [-0.1, -0.05) is 23.8 Å². The second kappa shape index (κ2) is 10.7. The molecule has 6 rings (SSSR count). The van der Waals surface area contributed by atoms with Crippen molar-refractivity contribution in [1.82, 2.24) is 0 Å². The van der Waals surface area contributed by atoms with Gasteiger partial charge in [-0.15, -0.1) is 0 Å². The number of methoxy groups -OCH3 is 1. The number of amides is 2. The Morgan fingerprint density at radius 1 is 1.00 bits per heavy atom. The average Bonchev–Trinajstić information content (AvgIpc) is 3.23. The fourth-order valence-electron chi connectivity index (χ4n) is 6.62. The van der Waals surface area contributed by atoms with Crippen molar-refractivity contribution >= 4 is 89.4 Å². The van der Waals surface area contributed by atoms with E-state index in [0.29, 0.717) is 14.5 Å². The highest BCUT2D eigenvalue weighted by molar-refractivity contribution is 9.13. The van der Waals surface area contributed by atoms with Crippen molar-refractivity contribution in [3.8, 4) is 11.5 Å². The molecular formula is C29H21BBr3NO8. The molecule has 2 amide bonds. The van der Waals surface area contributed by atoms with E-state index in [4.69, 9.17) is 4.74 Å². The van der Waals surface area contributed by atoms with E-state index in [-0.39, 0.29) is 62.7 Å². The number of fused-ring (bicyclic) bond motifs is 3. The Bertz CT molecular complexity index is 1710. The summed E-state index contributed by atoms with van der Waals surface area (Å²) in [6.45, 7) is 0. The van der Waals surface area contributed by atoms with Crippen molar-refractivity contribution < 1.29 is 39.1 Å². The average molecular weight is 762 g/mol. The number of ketones is 2. The molecule has 1 fully saturated rings. The molecule has 0 bridgehead atoms. The van der Waals surface area contributed by atoms with Crippen LogP contribution in [0, 0.1) is 17.8 Å². The summed E-state index contributed by atoms with van der Waals surface area (Å²) in [6, 6.07) is 7.55. The number of carbonyl (C=O) groups is 4. The Morgan fingerprint density at radius 3 is 2.43 bits per heavy atom. The molecule has 0 radical (unpaired) electrons. The maximum Gasteiger partial charge on any atom is 0.488 e. The number of phenols is 1. The van der Waals surface area contributed by atoms with Crippen LogP contribution < -0.4 is 15.1 Å². The molecule has 2 aromatic carbocycles. The third kappa shape index (κ3) is 4.31. The molecule has 1 saturated heterocycles. The Labute approximate surface area is 265 Å². The number of ether oxygens (including phenoxy) is 1. The number of hydrogen-bond donors (Lipinski definition) is 3. The van der Waals surface area contributed by atoms with Crippen LogP contribution in [-0.2, 0) is 19.2 Å². The molecule has 1 aliphatic heterocycles. The SMILES string of the molecule is COc1cc(C2C3=CCC4C(=O)N(c5cccc(B(O)O)c5)C(=O)C4C3CC3=C2C(=O)C=C(Br)C3=O)c(Br)c(Br)c1O. The molecule has 3 N–H and O–H groups in total. The lowest BCUT2D eigenvalue weighted by atomic mass is 9.59. The van der Waals surface area contributed by atoms with Crippen molar-refractivity contribution in [1.29, 1.82) is 0 Å². The third-order valence-corrected chi connectivity index (χ3v) is 11.2. The maximum atomic E-state index is 14.1. The van der Waals surface area contributed by atoms with Gasteiger partial charge in [0, 0.05) is 27.6 Å². The molecule has 13 heteroatoms. The van der Waals surface area contributed by atoms with E-state index in [2.05, 4.69) is 47.8 Å². The number of hydrogen-bond acceptors (Lipinski definition) is 8. The first-order valence-corrected chi connectivity index (χ1v) is 15.3. The number of imide groups is 1. The van der Waals surface area contributed by atoms with Gasteiger partial charge in [-0.2, -0.15) is 0 Å². The summed E-state index contributed by atoms with van der Waals surface area (Å²) in [4.78, 5) is 55.8. The number of benzene rings is 2. The van der Waals surface area contributed by atoms with Gasteiger partial charge in [0.1, 0.15) is 0 Å². The van der Waals surface area contributed by atoms with Crippen molar-refractivity contribution in [2.24, 2.45) is 17.8 Å². The zero-order valence-electron chi connectivity index (χ0n) is 21.8. The largest absolute Gasteiger partial charge is 0.503 e. The van der Waals surface area contributed by atoms with Crippen molar-refractivity contribution in [3.63, 3.8) is 0 Å². The molecule has 3 aliphatic carbocycles. The summed E-state index contributed by atoms with van der Waals surface area (Å²) < 4.78 is 6.25. The molecule has 0 spiro atoms. The molecule has 214 valence electrons. The monoisotopic (exact) mass is 759 g/mol. The smallest absolute Gasteiger partial charge is 0.488 e. The van der Waals surface area contributed by atoms with E-state index in [1.807, 2.05) is 6.08 Å². The summed E-state index contributed by atoms with van der Waals surface area (Å²) in [7, 11) is -0.380. The number of anilines is 1. The molecular weight excluding hydrogens is 741 g/mol. The summed E-state index contributed by atoms with van der Waals surface area (Å²) in [5.74, 6) is -4.45. The molecule has 42 heavy (non-hydrogen) atoms. The molecule has 4 atom stereocenters. The van der Waals surface area contributed by atoms with Crippen LogP contribution in [0.1, 0.15) is 24.3 Å². The Hall–Kier alpha value is -2.84. The predicted molar refractivity (Wildman–Crippen MR) is 163 cm³/mol. The highest BCUT2D eigenvalue weighted by atomic mass is 79.9. The van der Waals surface area contributed by atoms with E-state index in [0.717, 1.165) is 10.5 Å². The van der Waals surface area contributed by atoms with Crippen LogP contribution in [0.4, 0.5) is 5.69 Å². The second-order valence-corrected chi connectivity index (χ2v) is 13.0. The molecule has 0 saturated carbocycles. The number of allylic oxidation sites excluding steroid dienone is 6. The maximum absolute atomic E-state index is 14.1. The highest BCUT2D eigenvalue weighted by Crippen LogP contribution is 2.58. The van der Waals surface area contributed by atoms with Crippen LogP contribution >= 0.6 is 47.8 Å². The number of halogens is 3. The Balaban J connectivity index is 1.51. The van der Waals surface area contributed by atoms with E-state index in [1.54, 1.807) is 12.1 Å². The molecule has 4 aliphatic rings. The van der Waals surface area contributed by atoms with Crippen molar-refractivity contribution in [2.75, 3.05) is 12.0 Å². The minimum absolute atomic E-state index is 0.0859. The zero-order chi connectivity index (χ0) is 30.2. The van der Waals surface area contributed by atoms with Gasteiger partial charge >= 0.3 is 7.12 Å². The topological polar surface area (TPSA) is 141 Å². The zero-order valence-corrected chi connectivity index (χ0v) is 26.6. The number of carbonyl (C=O) groups excluding carboxylic acids is 4. The van der Waals surface area contributed by atoms with Crippen molar-refractivity contribution in [2.45, 2.75) is 18.8 Å². The van der Waals surface area contributed by atoms with Gasteiger partial charge in [0.05, 0.1) is 33.6 Å². The Kier molecular flexibility index (Phi) is 7.46. The van der Waals surface area contributed by atoms with Crippen LogP contribution in [0.15, 0.2) is 72.6 Å². The first-order valence-electron chi connectivity index (χ1n) is 12.9. The van der Waals surface area contributed by atoms with Gasteiger partial charge in [0.2, 0.25) is 11.8 Å². The Morgan fingerprint density at radius 2 is 1.74 bits per heavy atom. The van der Waals surface area contributed by atoms with Gasteiger partial charge in [-0.3, -0.25) is 24.1 Å². The van der Waals surface area contributed by atoms with E-state index in [1.165, 1.54) is 31.4 Å². The normalized spacial score (nSPS) is 25.1. The number of Topliss-reactive ketones (excluding diaryl/α,β-unsaturated/α-hetero) is 1.